The molecule has 0 saturated carbocycles. The monoisotopic (exact) mass is 366 g/mol. The lowest BCUT2D eigenvalue weighted by Crippen LogP contribution is -2.41. The molecule has 0 fully saturated rings. The number of carbonyl (C=O) groups excluding carboxylic acids is 1. The Balaban J connectivity index is 1.78. The van der Waals surface area contributed by atoms with E-state index in [2.05, 4.69) is 15.1 Å². The zero-order chi connectivity index (χ0) is 19.1. The highest BCUT2D eigenvalue weighted by Gasteiger charge is 2.27. The van der Waals surface area contributed by atoms with Gasteiger partial charge in [-0.2, -0.15) is 5.10 Å². The first kappa shape index (κ1) is 18.2. The summed E-state index contributed by atoms with van der Waals surface area (Å²) in [6.07, 6.45) is 0.292. The van der Waals surface area contributed by atoms with E-state index in [1.54, 1.807) is 0 Å². The highest BCUT2D eigenvalue weighted by molar-refractivity contribution is 5.93. The second kappa shape index (κ2) is 6.58. The summed E-state index contributed by atoms with van der Waals surface area (Å²) in [6, 6.07) is 0. The molecule has 0 spiro atoms. The van der Waals surface area contributed by atoms with Crippen LogP contribution < -0.4 is 5.69 Å². The van der Waals surface area contributed by atoms with E-state index < -0.39 is 18.7 Å². The van der Waals surface area contributed by atoms with Crippen molar-refractivity contribution in [2.45, 2.75) is 52.2 Å². The normalized spacial score (nSPS) is 14.6. The standard InChI is InChI=1S/C16H20F2N6O2/c1-16(2,3)14-19-6-10(7-20-14)13(25)22-4-5-23-12(9-22)21-24(15(23)26)8-11(17)18/h6-7,11H,4-5,8-9H2,1-3H3. The number of aromatic nitrogens is 5. The van der Waals surface area contributed by atoms with Crippen molar-refractivity contribution in [2.75, 3.05) is 6.54 Å². The third-order valence-corrected chi connectivity index (χ3v) is 4.09. The van der Waals surface area contributed by atoms with Gasteiger partial charge < -0.3 is 4.90 Å². The lowest BCUT2D eigenvalue weighted by atomic mass is 9.96. The molecule has 140 valence electrons. The van der Waals surface area contributed by atoms with Crippen LogP contribution >= 0.6 is 0 Å². The predicted molar refractivity (Wildman–Crippen MR) is 88.0 cm³/mol. The van der Waals surface area contributed by atoms with Crippen molar-refractivity contribution in [1.82, 2.24) is 29.2 Å². The summed E-state index contributed by atoms with van der Waals surface area (Å²) in [7, 11) is 0. The molecule has 0 aliphatic carbocycles. The third kappa shape index (κ3) is 3.49. The maximum absolute atomic E-state index is 12.6. The molecule has 0 unspecified atom stereocenters. The summed E-state index contributed by atoms with van der Waals surface area (Å²) < 4.78 is 27.1. The summed E-state index contributed by atoms with van der Waals surface area (Å²) in [4.78, 5) is 34.7. The smallest absolute Gasteiger partial charge is 0.329 e. The Kier molecular flexibility index (Phi) is 4.59. The van der Waals surface area contributed by atoms with Crippen LogP contribution in [0, 0.1) is 0 Å². The molecule has 3 heterocycles. The van der Waals surface area contributed by atoms with Crippen LogP contribution in [0.2, 0.25) is 0 Å². The summed E-state index contributed by atoms with van der Waals surface area (Å²) in [5.74, 6) is 0.641. The first-order valence-corrected chi connectivity index (χ1v) is 8.23. The number of halogens is 2. The Morgan fingerprint density at radius 3 is 2.46 bits per heavy atom. The number of rotatable bonds is 3. The minimum atomic E-state index is -2.67. The lowest BCUT2D eigenvalue weighted by molar-refractivity contribution is 0.0705. The number of nitrogens with zero attached hydrogens (tertiary/aromatic N) is 6. The molecule has 0 N–H and O–H groups in total. The largest absolute Gasteiger partial charge is 0.346 e. The highest BCUT2D eigenvalue weighted by atomic mass is 19.3. The second-order valence-electron chi connectivity index (χ2n) is 7.20. The molecule has 1 amide bonds. The number of amides is 1. The highest BCUT2D eigenvalue weighted by Crippen LogP contribution is 2.18. The number of alkyl halides is 2. The van der Waals surface area contributed by atoms with E-state index in [0.717, 1.165) is 4.68 Å². The predicted octanol–water partition coefficient (Wildman–Crippen LogP) is 1.05. The third-order valence-electron chi connectivity index (χ3n) is 4.09. The molecular formula is C16H20F2N6O2. The lowest BCUT2D eigenvalue weighted by Gasteiger charge is -2.26. The fourth-order valence-corrected chi connectivity index (χ4v) is 2.73. The molecule has 26 heavy (non-hydrogen) atoms. The van der Waals surface area contributed by atoms with Gasteiger partial charge in [-0.05, 0) is 0 Å². The molecule has 8 nitrogen and oxygen atoms in total. The van der Waals surface area contributed by atoms with E-state index in [0.29, 0.717) is 17.2 Å². The zero-order valence-corrected chi connectivity index (χ0v) is 14.8. The Morgan fingerprint density at radius 1 is 1.23 bits per heavy atom. The van der Waals surface area contributed by atoms with E-state index in [4.69, 9.17) is 0 Å². The topological polar surface area (TPSA) is 85.9 Å². The Hall–Kier alpha value is -2.65. The summed E-state index contributed by atoms with van der Waals surface area (Å²) in [6.45, 7) is 5.74. The summed E-state index contributed by atoms with van der Waals surface area (Å²) >= 11 is 0. The van der Waals surface area contributed by atoms with Gasteiger partial charge in [-0.1, -0.05) is 20.8 Å². The van der Waals surface area contributed by atoms with Crippen LogP contribution in [0.4, 0.5) is 8.78 Å². The molecule has 0 atom stereocenters. The first-order valence-electron chi connectivity index (χ1n) is 8.23. The molecule has 2 aromatic heterocycles. The molecule has 0 saturated heterocycles. The molecular weight excluding hydrogens is 346 g/mol. The quantitative estimate of drug-likeness (QED) is 0.811. The van der Waals surface area contributed by atoms with Crippen molar-refractivity contribution in [3.05, 3.63) is 40.1 Å². The maximum atomic E-state index is 12.6. The average molecular weight is 366 g/mol. The second-order valence-corrected chi connectivity index (χ2v) is 7.20. The van der Waals surface area contributed by atoms with Crippen LogP contribution in [0.25, 0.3) is 0 Å². The van der Waals surface area contributed by atoms with Crippen LogP contribution in [-0.4, -0.2) is 48.1 Å². The van der Waals surface area contributed by atoms with Crippen LogP contribution in [0.5, 0.6) is 0 Å². The number of carbonyl (C=O) groups is 1. The minimum absolute atomic E-state index is 0.0747. The Morgan fingerprint density at radius 2 is 1.88 bits per heavy atom. The molecule has 10 heteroatoms. The molecule has 0 bridgehead atoms. The molecule has 2 aromatic rings. The first-order chi connectivity index (χ1) is 12.2. The van der Waals surface area contributed by atoms with Crippen molar-refractivity contribution < 1.29 is 13.6 Å². The van der Waals surface area contributed by atoms with Gasteiger partial charge >= 0.3 is 5.69 Å². The van der Waals surface area contributed by atoms with Gasteiger partial charge in [0.1, 0.15) is 12.4 Å². The maximum Gasteiger partial charge on any atom is 0.346 e. The van der Waals surface area contributed by atoms with Gasteiger partial charge in [-0.15, -0.1) is 0 Å². The summed E-state index contributed by atoms with van der Waals surface area (Å²) in [5, 5.41) is 3.93. The Labute approximate surface area is 148 Å². The number of fused-ring (bicyclic) bond motifs is 1. The number of hydrogen-bond donors (Lipinski definition) is 0. The van der Waals surface area contributed by atoms with Gasteiger partial charge in [0.15, 0.2) is 5.82 Å². The molecule has 1 aliphatic heterocycles. The van der Waals surface area contributed by atoms with E-state index in [9.17, 15) is 18.4 Å². The van der Waals surface area contributed by atoms with Crippen LogP contribution in [0.3, 0.4) is 0 Å². The molecule has 3 rings (SSSR count). The Bertz CT molecular complexity index is 866. The van der Waals surface area contributed by atoms with Crippen molar-refractivity contribution in [2.24, 2.45) is 0 Å². The van der Waals surface area contributed by atoms with E-state index in [1.165, 1.54) is 21.9 Å². The molecule has 0 radical (unpaired) electrons. The van der Waals surface area contributed by atoms with E-state index >= 15 is 0 Å². The van der Waals surface area contributed by atoms with Gasteiger partial charge in [-0.25, -0.2) is 28.2 Å². The van der Waals surface area contributed by atoms with Crippen molar-refractivity contribution in [1.29, 1.82) is 0 Å². The SMILES string of the molecule is CC(C)(C)c1ncc(C(=O)N2CCn3c(nn(CC(F)F)c3=O)C2)cn1. The van der Waals surface area contributed by atoms with E-state index in [-0.39, 0.29) is 31.0 Å². The van der Waals surface area contributed by atoms with Gasteiger partial charge in [0.2, 0.25) is 0 Å². The van der Waals surface area contributed by atoms with Crippen molar-refractivity contribution in [3.8, 4) is 0 Å². The molecule has 1 aliphatic rings. The van der Waals surface area contributed by atoms with Crippen LogP contribution in [0.1, 0.15) is 42.8 Å². The van der Waals surface area contributed by atoms with Crippen molar-refractivity contribution >= 4 is 5.91 Å². The van der Waals surface area contributed by atoms with Gasteiger partial charge in [-0.3, -0.25) is 9.36 Å². The number of hydrogen-bond acceptors (Lipinski definition) is 5. The van der Waals surface area contributed by atoms with Crippen LogP contribution in [-0.2, 0) is 25.0 Å². The van der Waals surface area contributed by atoms with Crippen LogP contribution in [0.15, 0.2) is 17.2 Å². The minimum Gasteiger partial charge on any atom is -0.329 e. The van der Waals surface area contributed by atoms with Crippen molar-refractivity contribution in [3.63, 3.8) is 0 Å². The van der Waals surface area contributed by atoms with E-state index in [1.807, 2.05) is 20.8 Å². The summed E-state index contributed by atoms with van der Waals surface area (Å²) in [5.41, 5.74) is -0.466. The van der Waals surface area contributed by atoms with Gasteiger partial charge in [0, 0.05) is 30.9 Å². The fraction of sp³-hybridized carbons (Fsp3) is 0.562. The fourth-order valence-electron chi connectivity index (χ4n) is 2.73. The molecule has 0 aromatic carbocycles. The zero-order valence-electron chi connectivity index (χ0n) is 14.8. The average Bonchev–Trinajstić information content (AvgIpc) is 2.88. The van der Waals surface area contributed by atoms with Gasteiger partial charge in [0.05, 0.1) is 12.1 Å². The van der Waals surface area contributed by atoms with Gasteiger partial charge in [0.25, 0.3) is 12.3 Å².